The Bertz CT molecular complexity index is 339. The lowest BCUT2D eigenvalue weighted by Crippen LogP contribution is -2.23. The molecule has 1 aromatic carbocycles. The van der Waals surface area contributed by atoms with Crippen LogP contribution in [0.1, 0.15) is 17.3 Å². The maximum atomic E-state index is 11.1. The summed E-state index contributed by atoms with van der Waals surface area (Å²) in [5.41, 5.74) is 6.50. The fourth-order valence-electron chi connectivity index (χ4n) is 1.38. The van der Waals surface area contributed by atoms with Gasteiger partial charge in [0.1, 0.15) is 0 Å². The first-order valence-electron chi connectivity index (χ1n) is 4.79. The van der Waals surface area contributed by atoms with Gasteiger partial charge in [-0.3, -0.25) is 4.79 Å². The average Bonchev–Trinajstić information content (AvgIpc) is 2.18. The van der Waals surface area contributed by atoms with Gasteiger partial charge in [-0.15, -0.1) is 0 Å². The summed E-state index contributed by atoms with van der Waals surface area (Å²) < 4.78 is 5.00. The number of ether oxygens (including phenoxy) is 1. The number of rotatable bonds is 5. The van der Waals surface area contributed by atoms with E-state index in [-0.39, 0.29) is 6.04 Å². The van der Waals surface area contributed by atoms with Crippen molar-refractivity contribution in [1.82, 2.24) is 0 Å². The Hall–Kier alpha value is -1.55. The van der Waals surface area contributed by atoms with Crippen molar-refractivity contribution in [1.29, 1.82) is 0 Å². The largest absolute Gasteiger partial charge is 0.383 e. The number of hydrogen-bond acceptors (Lipinski definition) is 3. The summed E-state index contributed by atoms with van der Waals surface area (Å²) in [6, 6.07) is 7.30. The van der Waals surface area contributed by atoms with E-state index in [1.54, 1.807) is 19.2 Å². The molecule has 1 amide bonds. The molecule has 0 saturated heterocycles. The molecule has 15 heavy (non-hydrogen) atoms. The molecule has 0 aliphatic heterocycles. The highest BCUT2D eigenvalue weighted by molar-refractivity contribution is 5.98. The summed E-state index contributed by atoms with van der Waals surface area (Å²) in [6.45, 7) is 2.55. The highest BCUT2D eigenvalue weighted by Crippen LogP contribution is 2.15. The second kappa shape index (κ2) is 5.36. The number of carbonyl (C=O) groups excluding carboxylic acids is 1. The van der Waals surface area contributed by atoms with E-state index in [2.05, 4.69) is 5.32 Å². The fraction of sp³-hybridized carbons (Fsp3) is 0.364. The molecular formula is C11H16N2O2. The topological polar surface area (TPSA) is 64.3 Å². The van der Waals surface area contributed by atoms with Crippen molar-refractivity contribution >= 4 is 11.6 Å². The minimum atomic E-state index is -0.428. The van der Waals surface area contributed by atoms with Crippen LogP contribution < -0.4 is 11.1 Å². The van der Waals surface area contributed by atoms with Gasteiger partial charge in [-0.2, -0.15) is 0 Å². The number of primary amides is 1. The number of anilines is 1. The van der Waals surface area contributed by atoms with Crippen molar-refractivity contribution in [3.8, 4) is 0 Å². The van der Waals surface area contributed by atoms with Crippen molar-refractivity contribution in [3.05, 3.63) is 29.8 Å². The van der Waals surface area contributed by atoms with Gasteiger partial charge in [0, 0.05) is 18.8 Å². The first kappa shape index (κ1) is 11.5. The van der Waals surface area contributed by atoms with Gasteiger partial charge in [-0.1, -0.05) is 12.1 Å². The molecule has 0 bridgehead atoms. The molecule has 0 aromatic heterocycles. The Labute approximate surface area is 89.4 Å². The molecule has 0 aliphatic rings. The van der Waals surface area contributed by atoms with Crippen molar-refractivity contribution < 1.29 is 9.53 Å². The van der Waals surface area contributed by atoms with Crippen molar-refractivity contribution in [2.45, 2.75) is 13.0 Å². The zero-order chi connectivity index (χ0) is 11.3. The molecule has 0 radical (unpaired) electrons. The second-order valence-electron chi connectivity index (χ2n) is 3.41. The number of carbonyl (C=O) groups is 1. The Kier molecular flexibility index (Phi) is 4.12. The van der Waals surface area contributed by atoms with E-state index in [1.165, 1.54) is 0 Å². The molecule has 82 valence electrons. The standard InChI is InChI=1S/C11H16N2O2/c1-8(7-15-2)13-10-6-4-3-5-9(10)11(12)14/h3-6,8,13H,7H2,1-2H3,(H2,12,14). The van der Waals surface area contributed by atoms with Crippen molar-refractivity contribution in [2.75, 3.05) is 19.0 Å². The summed E-state index contributed by atoms with van der Waals surface area (Å²) in [4.78, 5) is 11.1. The minimum Gasteiger partial charge on any atom is -0.383 e. The quantitative estimate of drug-likeness (QED) is 0.765. The Morgan fingerprint density at radius 3 is 2.80 bits per heavy atom. The Balaban J connectivity index is 2.79. The summed E-state index contributed by atoms with van der Waals surface area (Å²) in [6.07, 6.45) is 0. The lowest BCUT2D eigenvalue weighted by Gasteiger charge is -2.16. The van der Waals surface area contributed by atoms with E-state index in [0.29, 0.717) is 12.2 Å². The predicted octanol–water partition coefficient (Wildman–Crippen LogP) is 1.23. The van der Waals surface area contributed by atoms with Crippen LogP contribution in [0.4, 0.5) is 5.69 Å². The molecule has 3 N–H and O–H groups in total. The number of para-hydroxylation sites is 1. The first-order valence-corrected chi connectivity index (χ1v) is 4.79. The summed E-state index contributed by atoms with van der Waals surface area (Å²) in [5.74, 6) is -0.428. The molecule has 0 aliphatic carbocycles. The molecule has 4 nitrogen and oxygen atoms in total. The zero-order valence-electron chi connectivity index (χ0n) is 8.99. The van der Waals surface area contributed by atoms with Gasteiger partial charge in [0.2, 0.25) is 0 Å². The van der Waals surface area contributed by atoms with Crippen LogP contribution in [0.5, 0.6) is 0 Å². The van der Waals surface area contributed by atoms with E-state index in [4.69, 9.17) is 10.5 Å². The third kappa shape index (κ3) is 3.25. The Morgan fingerprint density at radius 2 is 2.20 bits per heavy atom. The van der Waals surface area contributed by atoms with Crippen LogP contribution in [-0.2, 0) is 4.74 Å². The highest BCUT2D eigenvalue weighted by Gasteiger charge is 2.08. The number of nitrogens with two attached hydrogens (primary N) is 1. The lowest BCUT2D eigenvalue weighted by atomic mass is 10.1. The fourth-order valence-corrected chi connectivity index (χ4v) is 1.38. The van der Waals surface area contributed by atoms with Gasteiger partial charge >= 0.3 is 0 Å². The van der Waals surface area contributed by atoms with Crippen LogP contribution in [-0.4, -0.2) is 25.7 Å². The van der Waals surface area contributed by atoms with Crippen molar-refractivity contribution in [3.63, 3.8) is 0 Å². The smallest absolute Gasteiger partial charge is 0.250 e. The van der Waals surface area contributed by atoms with E-state index in [9.17, 15) is 4.79 Å². The van der Waals surface area contributed by atoms with Crippen LogP contribution in [0.3, 0.4) is 0 Å². The number of hydrogen-bond donors (Lipinski definition) is 2. The van der Waals surface area contributed by atoms with E-state index in [0.717, 1.165) is 5.69 Å². The lowest BCUT2D eigenvalue weighted by molar-refractivity contribution is 0.100. The van der Waals surface area contributed by atoms with E-state index < -0.39 is 5.91 Å². The van der Waals surface area contributed by atoms with Crippen LogP contribution >= 0.6 is 0 Å². The summed E-state index contributed by atoms with van der Waals surface area (Å²) in [7, 11) is 1.64. The molecule has 0 spiro atoms. The van der Waals surface area contributed by atoms with Crippen LogP contribution in [0.2, 0.25) is 0 Å². The van der Waals surface area contributed by atoms with Gasteiger partial charge in [-0.25, -0.2) is 0 Å². The van der Waals surface area contributed by atoms with Gasteiger partial charge in [0.15, 0.2) is 0 Å². The SMILES string of the molecule is COCC(C)Nc1ccccc1C(N)=O. The average molecular weight is 208 g/mol. The number of amides is 1. The maximum absolute atomic E-state index is 11.1. The molecule has 0 heterocycles. The number of nitrogens with one attached hydrogen (secondary N) is 1. The van der Waals surface area contributed by atoms with Crippen LogP contribution in [0.25, 0.3) is 0 Å². The van der Waals surface area contributed by atoms with Crippen molar-refractivity contribution in [2.24, 2.45) is 5.73 Å². The molecule has 1 rings (SSSR count). The first-order chi connectivity index (χ1) is 7.15. The third-order valence-corrected chi connectivity index (χ3v) is 2.01. The molecule has 4 heteroatoms. The number of benzene rings is 1. The molecule has 1 aromatic rings. The monoisotopic (exact) mass is 208 g/mol. The summed E-state index contributed by atoms with van der Waals surface area (Å²) in [5, 5.41) is 3.17. The van der Waals surface area contributed by atoms with E-state index >= 15 is 0 Å². The van der Waals surface area contributed by atoms with Crippen LogP contribution in [0.15, 0.2) is 24.3 Å². The highest BCUT2D eigenvalue weighted by atomic mass is 16.5. The normalized spacial score (nSPS) is 12.1. The molecule has 0 fully saturated rings. The number of methoxy groups -OCH3 is 1. The van der Waals surface area contributed by atoms with Gasteiger partial charge in [0.05, 0.1) is 12.2 Å². The maximum Gasteiger partial charge on any atom is 0.250 e. The molecular weight excluding hydrogens is 192 g/mol. The van der Waals surface area contributed by atoms with Gasteiger partial charge < -0.3 is 15.8 Å². The third-order valence-electron chi connectivity index (χ3n) is 2.01. The van der Waals surface area contributed by atoms with Gasteiger partial charge in [-0.05, 0) is 19.1 Å². The predicted molar refractivity (Wildman–Crippen MR) is 59.9 cm³/mol. The van der Waals surface area contributed by atoms with E-state index in [1.807, 2.05) is 19.1 Å². The van der Waals surface area contributed by atoms with Crippen LogP contribution in [0, 0.1) is 0 Å². The zero-order valence-corrected chi connectivity index (χ0v) is 8.99. The molecule has 1 unspecified atom stereocenters. The molecule has 1 atom stereocenters. The minimum absolute atomic E-state index is 0.135. The molecule has 0 saturated carbocycles. The second-order valence-corrected chi connectivity index (χ2v) is 3.41. The van der Waals surface area contributed by atoms with Gasteiger partial charge in [0.25, 0.3) is 5.91 Å². The Morgan fingerprint density at radius 1 is 1.53 bits per heavy atom. The summed E-state index contributed by atoms with van der Waals surface area (Å²) >= 11 is 0.